The minimum Gasteiger partial charge on any atom is -0.496 e. The second kappa shape index (κ2) is 10.2. The van der Waals surface area contributed by atoms with Crippen molar-refractivity contribution in [2.75, 3.05) is 13.7 Å². The quantitative estimate of drug-likeness (QED) is 0.107. The highest BCUT2D eigenvalue weighted by molar-refractivity contribution is 6.31. The zero-order valence-corrected chi connectivity index (χ0v) is 20.7. The normalized spacial score (nSPS) is 11.3. The van der Waals surface area contributed by atoms with E-state index in [1.165, 1.54) is 24.4 Å². The van der Waals surface area contributed by atoms with Crippen LogP contribution >= 0.6 is 11.6 Å². The molecule has 190 valence electrons. The van der Waals surface area contributed by atoms with E-state index in [2.05, 4.69) is 16.7 Å². The molecule has 0 aliphatic heterocycles. The van der Waals surface area contributed by atoms with Gasteiger partial charge in [0.15, 0.2) is 5.76 Å². The molecule has 0 N–H and O–H groups in total. The second-order valence-corrected chi connectivity index (χ2v) is 8.43. The summed E-state index contributed by atoms with van der Waals surface area (Å²) in [5.41, 5.74) is 0.333. The fraction of sp³-hybridized carbons (Fsp3) is 0.0741. The smallest absolute Gasteiger partial charge is 0.313 e. The van der Waals surface area contributed by atoms with E-state index in [1.807, 2.05) is 0 Å². The van der Waals surface area contributed by atoms with Crippen molar-refractivity contribution in [3.05, 3.63) is 104 Å². The number of rotatable bonds is 8. The summed E-state index contributed by atoms with van der Waals surface area (Å²) in [7, 11) is 1.55. The lowest BCUT2D eigenvalue weighted by Gasteiger charge is -2.10. The highest BCUT2D eigenvalue weighted by Gasteiger charge is 2.21. The predicted molar refractivity (Wildman–Crippen MR) is 145 cm³/mol. The highest BCUT2D eigenvalue weighted by atomic mass is 35.5. The number of nitro benzene ring substituents is 1. The number of para-hydroxylation sites is 1. The van der Waals surface area contributed by atoms with E-state index in [1.54, 1.807) is 55.6 Å². The summed E-state index contributed by atoms with van der Waals surface area (Å²) >= 11 is 6.14. The number of benzene rings is 3. The largest absolute Gasteiger partial charge is 0.496 e. The number of aromatic nitrogens is 2. The zero-order valence-electron chi connectivity index (χ0n) is 20.0. The van der Waals surface area contributed by atoms with Gasteiger partial charge in [-0.25, -0.2) is 4.98 Å². The van der Waals surface area contributed by atoms with Crippen molar-refractivity contribution >= 4 is 45.4 Å². The Hall–Kier alpha value is -4.96. The van der Waals surface area contributed by atoms with Crippen LogP contribution in [-0.4, -0.2) is 34.5 Å². The van der Waals surface area contributed by atoms with Gasteiger partial charge in [-0.2, -0.15) is 9.78 Å². The van der Waals surface area contributed by atoms with Gasteiger partial charge in [-0.3, -0.25) is 14.9 Å². The Labute approximate surface area is 220 Å². The number of furan rings is 1. The van der Waals surface area contributed by atoms with Crippen LogP contribution in [0.25, 0.3) is 33.5 Å². The van der Waals surface area contributed by atoms with E-state index >= 15 is 0 Å². The number of nitro groups is 1. The van der Waals surface area contributed by atoms with E-state index < -0.39 is 10.5 Å². The molecule has 0 aliphatic carbocycles. The maximum absolute atomic E-state index is 13.5. The highest BCUT2D eigenvalue weighted by Crippen LogP contribution is 2.35. The Morgan fingerprint density at radius 1 is 1.18 bits per heavy atom. The fourth-order valence-electron chi connectivity index (χ4n) is 3.96. The van der Waals surface area contributed by atoms with Crippen LogP contribution in [-0.2, 0) is 0 Å². The van der Waals surface area contributed by atoms with E-state index in [0.29, 0.717) is 27.6 Å². The van der Waals surface area contributed by atoms with E-state index in [0.717, 1.165) is 4.68 Å². The predicted octanol–water partition coefficient (Wildman–Crippen LogP) is 5.83. The molecule has 3 aromatic carbocycles. The zero-order chi connectivity index (χ0) is 26.8. The SMILES string of the molecule is C=CCOc1c(C=Nn2c(-c3cc4c(OC)cccc4o3)nc3ccccc3c2=O)cc(Cl)cc1[N+](=O)[O-]. The van der Waals surface area contributed by atoms with Gasteiger partial charge in [0.25, 0.3) is 5.56 Å². The number of hydrogen-bond acceptors (Lipinski definition) is 8. The Kier molecular flexibility index (Phi) is 6.63. The average molecular weight is 531 g/mol. The van der Waals surface area contributed by atoms with Gasteiger partial charge in [0.1, 0.15) is 17.9 Å². The Morgan fingerprint density at radius 2 is 2.00 bits per heavy atom. The molecule has 10 nitrogen and oxygen atoms in total. The summed E-state index contributed by atoms with van der Waals surface area (Å²) in [5.74, 6) is 0.906. The molecule has 38 heavy (non-hydrogen) atoms. The third-order valence-electron chi connectivity index (χ3n) is 5.63. The third-order valence-corrected chi connectivity index (χ3v) is 5.85. The maximum atomic E-state index is 13.5. The lowest BCUT2D eigenvalue weighted by Crippen LogP contribution is -2.20. The second-order valence-electron chi connectivity index (χ2n) is 8.00. The summed E-state index contributed by atoms with van der Waals surface area (Å²) < 4.78 is 18.1. The van der Waals surface area contributed by atoms with Crippen molar-refractivity contribution in [2.45, 2.75) is 0 Å². The standard InChI is InChI=1S/C27H19ClN4O6/c1-3-11-37-25-16(12-17(28)13-21(25)32(34)35)15-29-31-26(30-20-8-5-4-7-18(20)27(31)33)24-14-19-22(36-2)9-6-10-23(19)38-24/h3-10,12-15H,1,11H2,2H3. The fourth-order valence-corrected chi connectivity index (χ4v) is 4.18. The van der Waals surface area contributed by atoms with Crippen molar-refractivity contribution in [1.82, 2.24) is 9.66 Å². The van der Waals surface area contributed by atoms with Crippen molar-refractivity contribution in [3.63, 3.8) is 0 Å². The van der Waals surface area contributed by atoms with Crippen LogP contribution in [0.1, 0.15) is 5.56 Å². The first-order chi connectivity index (χ1) is 18.4. The molecule has 0 atom stereocenters. The number of ether oxygens (including phenoxy) is 2. The topological polar surface area (TPSA) is 122 Å². The van der Waals surface area contributed by atoms with Gasteiger partial charge in [0.05, 0.1) is 34.5 Å². The van der Waals surface area contributed by atoms with Gasteiger partial charge in [-0.1, -0.05) is 42.5 Å². The minimum atomic E-state index is -0.612. The molecule has 11 heteroatoms. The number of fused-ring (bicyclic) bond motifs is 2. The lowest BCUT2D eigenvalue weighted by molar-refractivity contribution is -0.385. The number of nitrogens with zero attached hydrogens (tertiary/aromatic N) is 4. The molecule has 0 saturated heterocycles. The number of methoxy groups -OCH3 is 1. The first kappa shape index (κ1) is 24.7. The van der Waals surface area contributed by atoms with Crippen LogP contribution in [0.2, 0.25) is 5.02 Å². The summed E-state index contributed by atoms with van der Waals surface area (Å²) in [5, 5.41) is 17.1. The number of hydrogen-bond donors (Lipinski definition) is 0. The van der Waals surface area contributed by atoms with Gasteiger partial charge < -0.3 is 13.9 Å². The molecule has 0 unspecified atom stereocenters. The van der Waals surface area contributed by atoms with Gasteiger partial charge in [0.2, 0.25) is 11.6 Å². The summed E-state index contributed by atoms with van der Waals surface area (Å²) in [6.07, 6.45) is 2.70. The van der Waals surface area contributed by atoms with Crippen LogP contribution in [0.5, 0.6) is 11.5 Å². The van der Waals surface area contributed by atoms with Crippen molar-refractivity contribution in [2.24, 2.45) is 5.10 Å². The van der Waals surface area contributed by atoms with E-state index in [4.69, 9.17) is 25.5 Å². The molecule has 0 aliphatic rings. The number of halogens is 1. The maximum Gasteiger partial charge on any atom is 0.313 e. The average Bonchev–Trinajstić information content (AvgIpc) is 3.36. The Morgan fingerprint density at radius 3 is 2.76 bits per heavy atom. The molecule has 5 rings (SSSR count). The van der Waals surface area contributed by atoms with Gasteiger partial charge >= 0.3 is 5.69 Å². The monoisotopic (exact) mass is 530 g/mol. The Bertz CT molecular complexity index is 1810. The van der Waals surface area contributed by atoms with E-state index in [9.17, 15) is 14.9 Å². The molecule has 0 spiro atoms. The van der Waals surface area contributed by atoms with Crippen LogP contribution in [0, 0.1) is 10.1 Å². The molecular formula is C27H19ClN4O6. The Balaban J connectivity index is 1.74. The van der Waals surface area contributed by atoms with E-state index in [-0.39, 0.29) is 40.2 Å². The lowest BCUT2D eigenvalue weighted by atomic mass is 10.2. The van der Waals surface area contributed by atoms with Crippen molar-refractivity contribution in [3.8, 4) is 23.1 Å². The van der Waals surface area contributed by atoms with Crippen molar-refractivity contribution in [1.29, 1.82) is 0 Å². The molecule has 2 heterocycles. The summed E-state index contributed by atoms with van der Waals surface area (Å²) in [6, 6.07) is 16.5. The molecule has 0 radical (unpaired) electrons. The molecule has 0 bridgehead atoms. The molecule has 0 amide bonds. The van der Waals surface area contributed by atoms with Crippen LogP contribution in [0.3, 0.4) is 0 Å². The first-order valence-corrected chi connectivity index (χ1v) is 11.6. The van der Waals surface area contributed by atoms with Crippen LogP contribution in [0.15, 0.2) is 87.6 Å². The summed E-state index contributed by atoms with van der Waals surface area (Å²) in [6.45, 7) is 3.59. The molecule has 0 fully saturated rings. The van der Waals surface area contributed by atoms with Crippen LogP contribution < -0.4 is 15.0 Å². The molecule has 0 saturated carbocycles. The molecule has 5 aromatic rings. The summed E-state index contributed by atoms with van der Waals surface area (Å²) in [4.78, 5) is 29.2. The van der Waals surface area contributed by atoms with Gasteiger partial charge in [-0.15, -0.1) is 0 Å². The van der Waals surface area contributed by atoms with Crippen LogP contribution in [0.4, 0.5) is 5.69 Å². The van der Waals surface area contributed by atoms with Crippen molar-refractivity contribution < 1.29 is 18.8 Å². The first-order valence-electron chi connectivity index (χ1n) is 11.3. The van der Waals surface area contributed by atoms with Gasteiger partial charge in [0, 0.05) is 16.7 Å². The minimum absolute atomic E-state index is 0.00680. The third kappa shape index (κ3) is 4.48. The van der Waals surface area contributed by atoms with Gasteiger partial charge in [-0.05, 0) is 36.4 Å². The molecule has 2 aromatic heterocycles. The molecular weight excluding hydrogens is 512 g/mol.